The molecule has 0 radical (unpaired) electrons. The van der Waals surface area contributed by atoms with Gasteiger partial charge in [0.15, 0.2) is 0 Å². The smallest absolute Gasteiger partial charge is 0.274 e. The van der Waals surface area contributed by atoms with E-state index in [0.29, 0.717) is 17.1 Å². The summed E-state index contributed by atoms with van der Waals surface area (Å²) in [5, 5.41) is 6.15. The third-order valence-electron chi connectivity index (χ3n) is 4.18. The van der Waals surface area contributed by atoms with E-state index < -0.39 is 0 Å². The highest BCUT2D eigenvalue weighted by molar-refractivity contribution is 6.03. The molecule has 7 nitrogen and oxygen atoms in total. The largest absolute Gasteiger partial charge is 0.497 e. The Morgan fingerprint density at radius 1 is 1.23 bits per heavy atom. The van der Waals surface area contributed by atoms with Crippen LogP contribution in [-0.4, -0.2) is 62.3 Å². The lowest BCUT2D eigenvalue weighted by atomic mass is 10.2. The number of nitrogens with zero attached hydrogens (tertiary/aromatic N) is 2. The van der Waals surface area contributed by atoms with Crippen LogP contribution in [0.25, 0.3) is 0 Å². The van der Waals surface area contributed by atoms with Crippen molar-refractivity contribution < 1.29 is 14.3 Å². The van der Waals surface area contributed by atoms with Crippen molar-refractivity contribution in [1.29, 1.82) is 0 Å². The molecule has 1 saturated heterocycles. The number of methoxy groups -OCH3 is 1. The third-order valence-corrected chi connectivity index (χ3v) is 4.18. The first kappa shape index (κ1) is 18.2. The number of hydrogen-bond acceptors (Lipinski definition) is 6. The molecule has 0 atom stereocenters. The summed E-state index contributed by atoms with van der Waals surface area (Å²) in [7, 11) is 1.59. The zero-order valence-corrected chi connectivity index (χ0v) is 14.9. The Kier molecular flexibility index (Phi) is 6.40. The molecule has 2 heterocycles. The third kappa shape index (κ3) is 5.18. The molecule has 0 saturated carbocycles. The summed E-state index contributed by atoms with van der Waals surface area (Å²) in [6.07, 6.45) is 1.68. The molecule has 7 heteroatoms. The normalized spacial score (nSPS) is 14.7. The molecule has 1 aromatic heterocycles. The molecule has 0 aliphatic carbocycles. The minimum absolute atomic E-state index is 0.252. The van der Waals surface area contributed by atoms with Gasteiger partial charge in [0.25, 0.3) is 5.91 Å². The van der Waals surface area contributed by atoms with Crippen LogP contribution in [0, 0.1) is 0 Å². The van der Waals surface area contributed by atoms with Crippen molar-refractivity contribution in [1.82, 2.24) is 9.88 Å². The van der Waals surface area contributed by atoms with Crippen LogP contribution in [0.2, 0.25) is 0 Å². The first-order valence-electron chi connectivity index (χ1n) is 8.70. The first-order valence-corrected chi connectivity index (χ1v) is 8.70. The number of ether oxygens (including phenoxy) is 2. The van der Waals surface area contributed by atoms with E-state index in [1.54, 1.807) is 25.4 Å². The van der Waals surface area contributed by atoms with Crippen LogP contribution in [0.15, 0.2) is 42.6 Å². The van der Waals surface area contributed by atoms with Crippen LogP contribution in [0.1, 0.15) is 10.5 Å². The van der Waals surface area contributed by atoms with Crippen molar-refractivity contribution >= 4 is 17.3 Å². The van der Waals surface area contributed by atoms with Crippen molar-refractivity contribution in [3.8, 4) is 5.75 Å². The van der Waals surface area contributed by atoms with Crippen molar-refractivity contribution in [2.75, 3.05) is 57.1 Å². The van der Waals surface area contributed by atoms with Crippen LogP contribution < -0.4 is 15.4 Å². The molecule has 1 aliphatic heterocycles. The number of carbonyl (C=O) groups is 1. The summed E-state index contributed by atoms with van der Waals surface area (Å²) < 4.78 is 10.5. The van der Waals surface area contributed by atoms with Gasteiger partial charge in [-0.25, -0.2) is 4.98 Å². The summed E-state index contributed by atoms with van der Waals surface area (Å²) in [4.78, 5) is 18.9. The van der Waals surface area contributed by atoms with Gasteiger partial charge in [-0.15, -0.1) is 0 Å². The van der Waals surface area contributed by atoms with Crippen molar-refractivity contribution in [3.63, 3.8) is 0 Å². The number of amides is 1. The number of carbonyl (C=O) groups excluding carboxylic acids is 1. The van der Waals surface area contributed by atoms with E-state index in [1.165, 1.54) is 0 Å². The molecule has 1 aliphatic rings. The zero-order valence-electron chi connectivity index (χ0n) is 14.9. The van der Waals surface area contributed by atoms with Crippen LogP contribution in [-0.2, 0) is 4.74 Å². The van der Waals surface area contributed by atoms with Crippen LogP contribution >= 0.6 is 0 Å². The Morgan fingerprint density at radius 2 is 2.08 bits per heavy atom. The van der Waals surface area contributed by atoms with Gasteiger partial charge in [0.05, 0.1) is 32.2 Å². The molecule has 3 rings (SSSR count). The fraction of sp³-hybridized carbons (Fsp3) is 0.368. The Labute approximate surface area is 153 Å². The monoisotopic (exact) mass is 356 g/mol. The second-order valence-electron chi connectivity index (χ2n) is 6.00. The van der Waals surface area contributed by atoms with E-state index in [1.807, 2.05) is 24.3 Å². The van der Waals surface area contributed by atoms with Gasteiger partial charge in [0.2, 0.25) is 0 Å². The highest BCUT2D eigenvalue weighted by Crippen LogP contribution is 2.17. The zero-order chi connectivity index (χ0) is 18.2. The number of nitrogens with one attached hydrogen (secondary N) is 2. The number of anilines is 2. The predicted octanol–water partition coefficient (Wildman–Crippen LogP) is 2.09. The van der Waals surface area contributed by atoms with Gasteiger partial charge in [0.1, 0.15) is 11.4 Å². The maximum absolute atomic E-state index is 12.3. The van der Waals surface area contributed by atoms with Gasteiger partial charge in [-0.1, -0.05) is 6.07 Å². The number of morpholine rings is 1. The average Bonchev–Trinajstić information content (AvgIpc) is 2.69. The fourth-order valence-corrected chi connectivity index (χ4v) is 2.71. The lowest BCUT2D eigenvalue weighted by Gasteiger charge is -2.26. The lowest BCUT2D eigenvalue weighted by Crippen LogP contribution is -2.39. The Bertz CT molecular complexity index is 715. The standard InChI is InChI=1S/C19H24N4O3/c1-25-17-4-2-3-15(13-17)22-19(24)18-6-5-16(14-21-18)20-7-8-23-9-11-26-12-10-23/h2-6,13-14,20H,7-12H2,1H3,(H,22,24). The topological polar surface area (TPSA) is 75.7 Å². The second kappa shape index (κ2) is 9.17. The number of benzene rings is 1. The minimum Gasteiger partial charge on any atom is -0.497 e. The van der Waals surface area contributed by atoms with E-state index in [0.717, 1.165) is 45.1 Å². The van der Waals surface area contributed by atoms with Crippen molar-refractivity contribution in [3.05, 3.63) is 48.3 Å². The maximum Gasteiger partial charge on any atom is 0.274 e. The van der Waals surface area contributed by atoms with Crippen LogP contribution in [0.3, 0.4) is 0 Å². The Balaban J connectivity index is 1.49. The summed E-state index contributed by atoms with van der Waals surface area (Å²) in [6.45, 7) is 5.35. The lowest BCUT2D eigenvalue weighted by molar-refractivity contribution is 0.0398. The summed E-state index contributed by atoms with van der Waals surface area (Å²) in [5.74, 6) is 0.439. The Morgan fingerprint density at radius 3 is 2.81 bits per heavy atom. The SMILES string of the molecule is COc1cccc(NC(=O)c2ccc(NCCN3CCOCC3)cn2)c1. The number of aromatic nitrogens is 1. The van der Waals surface area contributed by atoms with Crippen molar-refractivity contribution in [2.24, 2.45) is 0 Å². The van der Waals surface area contributed by atoms with E-state index in [2.05, 4.69) is 20.5 Å². The predicted molar refractivity (Wildman–Crippen MR) is 101 cm³/mol. The minimum atomic E-state index is -0.252. The van der Waals surface area contributed by atoms with Gasteiger partial charge >= 0.3 is 0 Å². The summed E-state index contributed by atoms with van der Waals surface area (Å²) in [6, 6.07) is 10.8. The van der Waals surface area contributed by atoms with Gasteiger partial charge < -0.3 is 20.1 Å². The summed E-state index contributed by atoms with van der Waals surface area (Å²) >= 11 is 0. The van der Waals surface area contributed by atoms with Gasteiger partial charge in [-0.2, -0.15) is 0 Å². The quantitative estimate of drug-likeness (QED) is 0.791. The van der Waals surface area contributed by atoms with E-state index in [4.69, 9.17) is 9.47 Å². The average molecular weight is 356 g/mol. The number of rotatable bonds is 7. The van der Waals surface area contributed by atoms with E-state index in [9.17, 15) is 4.79 Å². The molecule has 1 aromatic carbocycles. The highest BCUT2D eigenvalue weighted by atomic mass is 16.5. The van der Waals surface area contributed by atoms with Crippen LogP contribution in [0.5, 0.6) is 5.75 Å². The van der Waals surface area contributed by atoms with E-state index >= 15 is 0 Å². The molecule has 1 fully saturated rings. The molecule has 0 bridgehead atoms. The van der Waals surface area contributed by atoms with Crippen LogP contribution in [0.4, 0.5) is 11.4 Å². The highest BCUT2D eigenvalue weighted by Gasteiger charge is 2.10. The molecule has 0 unspecified atom stereocenters. The second-order valence-corrected chi connectivity index (χ2v) is 6.00. The molecule has 2 aromatic rings. The fourth-order valence-electron chi connectivity index (χ4n) is 2.71. The molecule has 138 valence electrons. The van der Waals surface area contributed by atoms with E-state index in [-0.39, 0.29) is 5.91 Å². The Hall–Kier alpha value is -2.64. The summed E-state index contributed by atoms with van der Waals surface area (Å²) in [5.41, 5.74) is 1.94. The number of pyridine rings is 1. The molecule has 2 N–H and O–H groups in total. The molecular weight excluding hydrogens is 332 g/mol. The number of hydrogen-bond donors (Lipinski definition) is 2. The molecule has 0 spiro atoms. The van der Waals surface area contributed by atoms with Crippen molar-refractivity contribution in [2.45, 2.75) is 0 Å². The first-order chi connectivity index (χ1) is 12.7. The van der Waals surface area contributed by atoms with Gasteiger partial charge in [0, 0.05) is 37.9 Å². The molecular formula is C19H24N4O3. The maximum atomic E-state index is 12.3. The van der Waals surface area contributed by atoms with Gasteiger partial charge in [-0.3, -0.25) is 9.69 Å². The molecule has 1 amide bonds. The molecule has 26 heavy (non-hydrogen) atoms. The van der Waals surface area contributed by atoms with Gasteiger partial charge in [-0.05, 0) is 24.3 Å².